The van der Waals surface area contributed by atoms with Gasteiger partial charge in [-0.15, -0.1) is 0 Å². The Labute approximate surface area is 240 Å². The molecule has 2 aliphatic heterocycles. The van der Waals surface area contributed by atoms with Gasteiger partial charge in [0, 0.05) is 39.8 Å². The van der Waals surface area contributed by atoms with Crippen molar-refractivity contribution in [2.75, 3.05) is 30.0 Å². The van der Waals surface area contributed by atoms with Gasteiger partial charge in [0.2, 0.25) is 0 Å². The Morgan fingerprint density at radius 3 is 2.66 bits per heavy atom. The van der Waals surface area contributed by atoms with E-state index in [1.54, 1.807) is 7.11 Å². The van der Waals surface area contributed by atoms with Crippen LogP contribution in [0.15, 0.2) is 97.1 Å². The minimum absolute atomic E-state index is 0.352. The average molecular weight is 561 g/mol. The second-order valence-electron chi connectivity index (χ2n) is 10.4. The predicted molar refractivity (Wildman–Crippen MR) is 166 cm³/mol. The number of nitrogens with zero attached hydrogens (tertiary/aromatic N) is 2. The summed E-state index contributed by atoms with van der Waals surface area (Å²) in [6.07, 6.45) is 14.9. The summed E-state index contributed by atoms with van der Waals surface area (Å²) in [6.45, 7) is 8.71. The molecule has 198 valence electrons. The Hall–Kier alpha value is -1.99. The molecule has 3 nitrogen and oxygen atoms in total. The Balaban J connectivity index is 1.24. The summed E-state index contributed by atoms with van der Waals surface area (Å²) in [7, 11) is 1.73. The van der Waals surface area contributed by atoms with Crippen LogP contribution in [0.5, 0.6) is 0 Å². The molecule has 0 bridgehead atoms. The van der Waals surface area contributed by atoms with Crippen LogP contribution in [0.3, 0.4) is 0 Å². The normalized spacial score (nSPS) is 24.4. The summed E-state index contributed by atoms with van der Waals surface area (Å²) >= 11 is 5.33. The summed E-state index contributed by atoms with van der Waals surface area (Å²) in [6, 6.07) is 13.5. The van der Waals surface area contributed by atoms with Crippen LogP contribution in [0.1, 0.15) is 45.1 Å². The number of fused-ring (bicyclic) bond motifs is 3. The molecule has 6 heteroatoms. The first kappa shape index (κ1) is 26.2. The molecule has 0 aromatic heterocycles. The van der Waals surface area contributed by atoms with Gasteiger partial charge in [-0.25, -0.2) is 0 Å². The molecule has 38 heavy (non-hydrogen) atoms. The fourth-order valence-corrected chi connectivity index (χ4v) is 9.01. The first-order valence-electron chi connectivity index (χ1n) is 13.7. The monoisotopic (exact) mass is 560 g/mol. The van der Waals surface area contributed by atoms with Gasteiger partial charge in [0.05, 0.1) is 28.9 Å². The van der Waals surface area contributed by atoms with Crippen molar-refractivity contribution in [3.8, 4) is 0 Å². The lowest BCUT2D eigenvalue weighted by atomic mass is 9.77. The number of allylic oxidation sites excluding steroid dienone is 6. The maximum absolute atomic E-state index is 5.30. The minimum atomic E-state index is 0.352. The van der Waals surface area contributed by atoms with E-state index < -0.39 is 0 Å². The van der Waals surface area contributed by atoms with E-state index in [2.05, 4.69) is 91.3 Å². The van der Waals surface area contributed by atoms with Gasteiger partial charge in [-0.3, -0.25) is 0 Å². The quantitative estimate of drug-likeness (QED) is 0.325. The van der Waals surface area contributed by atoms with Crippen molar-refractivity contribution >= 4 is 46.9 Å². The summed E-state index contributed by atoms with van der Waals surface area (Å²) < 4.78 is 5.30. The average Bonchev–Trinajstić information content (AvgIpc) is 3.44. The molecule has 2 aromatic carbocycles. The number of hydrogen-bond donors (Lipinski definition) is 0. The number of anilines is 2. The molecule has 2 atom stereocenters. The summed E-state index contributed by atoms with van der Waals surface area (Å²) in [5.74, 6) is 0.706. The van der Waals surface area contributed by atoms with Gasteiger partial charge in [-0.2, -0.15) is 0 Å². The van der Waals surface area contributed by atoms with Gasteiger partial charge in [0.15, 0.2) is 0 Å². The van der Waals surface area contributed by atoms with Crippen LogP contribution in [-0.2, 0) is 4.18 Å². The van der Waals surface area contributed by atoms with Crippen LogP contribution in [0.2, 0.25) is 0 Å². The Bertz CT molecular complexity index is 1360. The standard InChI is InChI=1S/C32H36N2OS3/c1-5-33-27-15-21(3)7-13-29(27)36-31(33)18-22-8-10-24-11-9-23(17-25(24)16-22)19-32-34(6-2)28-20-26(38-35-4)12-14-30(28)37-32/h7,12-20,24,32H,5-6,8-11H2,1-4H3/b23-19+,31-18-. The van der Waals surface area contributed by atoms with Crippen LogP contribution < -0.4 is 9.80 Å². The lowest BCUT2D eigenvalue weighted by molar-refractivity contribution is 0.490. The molecule has 2 unspecified atom stereocenters. The zero-order valence-corrected chi connectivity index (χ0v) is 25.1. The summed E-state index contributed by atoms with van der Waals surface area (Å²) in [5.41, 5.74) is 8.52. The molecule has 4 aliphatic rings. The third-order valence-corrected chi connectivity index (χ3v) is 10.9. The van der Waals surface area contributed by atoms with E-state index in [1.807, 2.05) is 23.5 Å². The van der Waals surface area contributed by atoms with E-state index in [1.165, 1.54) is 86.2 Å². The lowest BCUT2D eigenvalue weighted by Gasteiger charge is -2.30. The van der Waals surface area contributed by atoms with E-state index in [9.17, 15) is 0 Å². The molecule has 0 amide bonds. The number of benzene rings is 2. The van der Waals surface area contributed by atoms with Crippen molar-refractivity contribution in [3.63, 3.8) is 0 Å². The highest BCUT2D eigenvalue weighted by Crippen LogP contribution is 2.49. The van der Waals surface area contributed by atoms with Gasteiger partial charge in [0.25, 0.3) is 0 Å². The van der Waals surface area contributed by atoms with Gasteiger partial charge in [-0.05, 0) is 117 Å². The fraction of sp³-hybridized carbons (Fsp3) is 0.375. The van der Waals surface area contributed by atoms with Crippen LogP contribution >= 0.6 is 35.6 Å². The molecule has 0 fully saturated rings. The molecule has 0 spiro atoms. The lowest BCUT2D eigenvalue weighted by Crippen LogP contribution is -2.27. The van der Waals surface area contributed by atoms with E-state index >= 15 is 0 Å². The van der Waals surface area contributed by atoms with Crippen molar-refractivity contribution in [1.29, 1.82) is 0 Å². The van der Waals surface area contributed by atoms with E-state index in [4.69, 9.17) is 4.18 Å². The second kappa shape index (κ2) is 11.2. The Morgan fingerprint density at radius 1 is 1.00 bits per heavy atom. The smallest absolute Gasteiger partial charge is 0.0988 e. The van der Waals surface area contributed by atoms with Gasteiger partial charge < -0.3 is 14.0 Å². The third-order valence-electron chi connectivity index (χ3n) is 7.92. The zero-order chi connectivity index (χ0) is 26.2. The predicted octanol–water partition coefficient (Wildman–Crippen LogP) is 9.36. The highest BCUT2D eigenvalue weighted by atomic mass is 32.2. The van der Waals surface area contributed by atoms with Gasteiger partial charge in [-0.1, -0.05) is 41.7 Å². The molecule has 2 aliphatic carbocycles. The molecule has 0 saturated heterocycles. The topological polar surface area (TPSA) is 15.7 Å². The summed E-state index contributed by atoms with van der Waals surface area (Å²) in [4.78, 5) is 8.91. The number of aryl methyl sites for hydroxylation is 1. The van der Waals surface area contributed by atoms with Crippen molar-refractivity contribution < 1.29 is 4.18 Å². The van der Waals surface area contributed by atoms with Gasteiger partial charge in [0.1, 0.15) is 0 Å². The van der Waals surface area contributed by atoms with Crippen LogP contribution in [0.25, 0.3) is 0 Å². The zero-order valence-electron chi connectivity index (χ0n) is 22.7. The van der Waals surface area contributed by atoms with Gasteiger partial charge >= 0.3 is 0 Å². The third kappa shape index (κ3) is 5.13. The molecule has 0 radical (unpaired) electrons. The first-order chi connectivity index (χ1) is 18.6. The number of hydrogen-bond acceptors (Lipinski definition) is 6. The van der Waals surface area contributed by atoms with Crippen molar-refractivity contribution in [2.45, 2.75) is 66.5 Å². The molecular formula is C32H36N2OS3. The summed E-state index contributed by atoms with van der Waals surface area (Å²) in [5, 5.41) is 1.72. The molecule has 0 N–H and O–H groups in total. The Kier molecular flexibility index (Phi) is 7.77. The first-order valence-corrected chi connectivity index (χ1v) is 16.2. The maximum Gasteiger partial charge on any atom is 0.0988 e. The fourth-order valence-electron chi connectivity index (χ4n) is 6.02. The maximum atomic E-state index is 5.30. The second-order valence-corrected chi connectivity index (χ2v) is 13.5. The largest absolute Gasteiger partial charge is 0.355 e. The molecule has 2 aromatic rings. The van der Waals surface area contributed by atoms with Crippen molar-refractivity contribution in [2.24, 2.45) is 5.92 Å². The number of rotatable bonds is 6. The highest BCUT2D eigenvalue weighted by Gasteiger charge is 2.30. The van der Waals surface area contributed by atoms with Crippen molar-refractivity contribution in [1.82, 2.24) is 0 Å². The molecule has 6 rings (SSSR count). The SMILES string of the molecule is CCN1/C(=C/C2=CC3=C/C(=C/C4Sc5ccc(SOC)cc5N4CC)CCC3CC2)Sc2ccc(C)cc21. The van der Waals surface area contributed by atoms with E-state index in [0.29, 0.717) is 11.3 Å². The number of likely N-dealkylation sites (N-methyl/N-ethyl adjacent to an activating group) is 1. The molecular weight excluding hydrogens is 525 g/mol. The molecule has 2 heterocycles. The highest BCUT2D eigenvalue weighted by molar-refractivity contribution is 8.03. The van der Waals surface area contributed by atoms with Crippen LogP contribution in [0.4, 0.5) is 11.4 Å². The van der Waals surface area contributed by atoms with E-state index in [0.717, 1.165) is 18.0 Å². The van der Waals surface area contributed by atoms with Crippen LogP contribution in [0, 0.1) is 12.8 Å². The number of thioether (sulfide) groups is 2. The van der Waals surface area contributed by atoms with Crippen molar-refractivity contribution in [3.05, 3.63) is 88.0 Å². The van der Waals surface area contributed by atoms with Crippen LogP contribution in [-0.4, -0.2) is 25.6 Å². The Morgan fingerprint density at radius 2 is 1.84 bits per heavy atom. The van der Waals surface area contributed by atoms with E-state index in [-0.39, 0.29) is 0 Å². The molecule has 0 saturated carbocycles. The minimum Gasteiger partial charge on any atom is -0.355 e.